The van der Waals surface area contributed by atoms with E-state index in [1.807, 2.05) is 26.8 Å². The average molecular weight is 444 g/mol. The van der Waals surface area contributed by atoms with Crippen LogP contribution in [0.1, 0.15) is 31.1 Å². The van der Waals surface area contributed by atoms with E-state index in [1.54, 1.807) is 61.1 Å². The predicted octanol–water partition coefficient (Wildman–Crippen LogP) is 3.90. The number of anilines is 3. The summed E-state index contributed by atoms with van der Waals surface area (Å²) in [5.74, 6) is 0.402. The van der Waals surface area contributed by atoms with Crippen molar-refractivity contribution in [2.24, 2.45) is 5.41 Å². The molecule has 0 spiro atoms. The zero-order chi connectivity index (χ0) is 23.6. The molecule has 0 radical (unpaired) electrons. The van der Waals surface area contributed by atoms with Crippen LogP contribution in [-0.2, 0) is 0 Å². The first-order valence-corrected chi connectivity index (χ1v) is 10.5. The van der Waals surface area contributed by atoms with E-state index in [1.165, 1.54) is 0 Å². The van der Waals surface area contributed by atoms with Gasteiger partial charge in [-0.15, -0.1) is 0 Å². The number of furan rings is 1. The summed E-state index contributed by atoms with van der Waals surface area (Å²) in [6, 6.07) is 14.1. The first kappa shape index (κ1) is 22.0. The molecular weight excluding hydrogens is 420 g/mol. The topological polar surface area (TPSA) is 113 Å². The lowest BCUT2D eigenvalue weighted by Gasteiger charge is -2.33. The minimum absolute atomic E-state index is 0.136. The van der Waals surface area contributed by atoms with Crippen LogP contribution in [0.15, 0.2) is 81.2 Å². The molecule has 2 aromatic heterocycles. The van der Waals surface area contributed by atoms with Crippen molar-refractivity contribution in [3.05, 3.63) is 93.2 Å². The SMILES string of the molecule is CC(C)(C)C(NC(=O)c1ccc(-c2ccco2)cc1)Nc1c(Nc2cccnc2)c(=O)c1=O. The van der Waals surface area contributed by atoms with Crippen molar-refractivity contribution < 1.29 is 9.21 Å². The van der Waals surface area contributed by atoms with Gasteiger partial charge in [-0.05, 0) is 36.4 Å². The Morgan fingerprint density at radius 3 is 2.30 bits per heavy atom. The van der Waals surface area contributed by atoms with Gasteiger partial charge >= 0.3 is 0 Å². The van der Waals surface area contributed by atoms with Gasteiger partial charge in [0.2, 0.25) is 0 Å². The standard InChI is InChI=1S/C25H24N4O4/c1-25(2,3)24(28-20-19(21(30)22(20)31)27-17-6-4-12-26-14-17)29-23(32)16-10-8-15(9-11-16)18-7-5-13-33-18/h4-14,24,27-28H,1-3H3,(H,29,32). The number of amides is 1. The highest BCUT2D eigenvalue weighted by molar-refractivity contribution is 5.95. The Balaban J connectivity index is 1.52. The largest absolute Gasteiger partial charge is 0.464 e. The number of aromatic nitrogens is 1. The molecule has 33 heavy (non-hydrogen) atoms. The molecule has 0 bridgehead atoms. The number of carbonyl (C=O) groups excluding carboxylic acids is 1. The maximum absolute atomic E-state index is 12.9. The Kier molecular flexibility index (Phi) is 5.83. The molecule has 1 amide bonds. The Hall–Kier alpha value is -4.20. The fourth-order valence-electron chi connectivity index (χ4n) is 3.29. The molecule has 8 heteroatoms. The van der Waals surface area contributed by atoms with Crippen LogP contribution in [-0.4, -0.2) is 17.1 Å². The Morgan fingerprint density at radius 1 is 0.970 bits per heavy atom. The van der Waals surface area contributed by atoms with Crippen LogP contribution in [0.2, 0.25) is 0 Å². The van der Waals surface area contributed by atoms with E-state index < -0.39 is 22.4 Å². The van der Waals surface area contributed by atoms with Gasteiger partial charge in [0.15, 0.2) is 0 Å². The van der Waals surface area contributed by atoms with Gasteiger partial charge in [0, 0.05) is 22.7 Å². The van der Waals surface area contributed by atoms with Gasteiger partial charge in [-0.2, -0.15) is 0 Å². The molecule has 3 N–H and O–H groups in total. The van der Waals surface area contributed by atoms with Gasteiger partial charge in [0.1, 0.15) is 23.3 Å². The van der Waals surface area contributed by atoms with Crippen molar-refractivity contribution in [1.29, 1.82) is 0 Å². The molecule has 1 unspecified atom stereocenters. The third kappa shape index (κ3) is 4.69. The number of hydrogen-bond acceptors (Lipinski definition) is 7. The van der Waals surface area contributed by atoms with E-state index >= 15 is 0 Å². The molecular formula is C25H24N4O4. The van der Waals surface area contributed by atoms with Crippen LogP contribution in [0.3, 0.4) is 0 Å². The highest BCUT2D eigenvalue weighted by Crippen LogP contribution is 2.26. The van der Waals surface area contributed by atoms with Gasteiger partial charge in [-0.3, -0.25) is 19.4 Å². The summed E-state index contributed by atoms with van der Waals surface area (Å²) in [4.78, 5) is 41.4. The van der Waals surface area contributed by atoms with E-state index in [9.17, 15) is 14.4 Å². The molecule has 0 aliphatic rings. The van der Waals surface area contributed by atoms with Crippen molar-refractivity contribution >= 4 is 23.0 Å². The smallest absolute Gasteiger partial charge is 0.253 e. The van der Waals surface area contributed by atoms with Crippen molar-refractivity contribution in [3.8, 4) is 11.3 Å². The molecule has 4 rings (SSSR count). The van der Waals surface area contributed by atoms with Gasteiger partial charge in [0.25, 0.3) is 16.8 Å². The molecule has 1 atom stereocenters. The second kappa shape index (κ2) is 8.74. The van der Waals surface area contributed by atoms with Crippen LogP contribution >= 0.6 is 0 Å². The minimum Gasteiger partial charge on any atom is -0.464 e. The Morgan fingerprint density at radius 2 is 1.70 bits per heavy atom. The molecule has 0 saturated heterocycles. The molecule has 2 heterocycles. The zero-order valence-electron chi connectivity index (χ0n) is 18.5. The second-order valence-corrected chi connectivity index (χ2v) is 8.75. The van der Waals surface area contributed by atoms with Gasteiger partial charge in [-0.1, -0.05) is 32.9 Å². The normalized spacial score (nSPS) is 12.3. The van der Waals surface area contributed by atoms with Crippen LogP contribution < -0.4 is 26.8 Å². The number of pyridine rings is 1. The first-order valence-electron chi connectivity index (χ1n) is 10.5. The van der Waals surface area contributed by atoms with Gasteiger partial charge in [0.05, 0.1) is 18.1 Å². The monoisotopic (exact) mass is 444 g/mol. The molecule has 0 saturated carbocycles. The lowest BCUT2D eigenvalue weighted by molar-refractivity contribution is 0.0913. The molecule has 2 aromatic carbocycles. The van der Waals surface area contributed by atoms with E-state index in [2.05, 4.69) is 20.9 Å². The molecule has 0 aliphatic carbocycles. The fourth-order valence-corrected chi connectivity index (χ4v) is 3.29. The summed E-state index contributed by atoms with van der Waals surface area (Å²) in [6.07, 6.45) is 4.13. The number of nitrogens with zero attached hydrogens (tertiary/aromatic N) is 1. The number of hydrogen-bond donors (Lipinski definition) is 3. The van der Waals surface area contributed by atoms with E-state index in [0.29, 0.717) is 17.0 Å². The van der Waals surface area contributed by atoms with Gasteiger partial charge in [-0.25, -0.2) is 0 Å². The quantitative estimate of drug-likeness (QED) is 0.293. The van der Waals surface area contributed by atoms with Crippen molar-refractivity contribution in [3.63, 3.8) is 0 Å². The van der Waals surface area contributed by atoms with Crippen molar-refractivity contribution in [1.82, 2.24) is 10.3 Å². The highest BCUT2D eigenvalue weighted by Gasteiger charge is 2.31. The summed E-state index contributed by atoms with van der Waals surface area (Å²) in [6.45, 7) is 5.76. The average Bonchev–Trinajstić information content (AvgIpc) is 3.35. The van der Waals surface area contributed by atoms with E-state index in [-0.39, 0.29) is 17.3 Å². The Bertz CT molecular complexity index is 1310. The summed E-state index contributed by atoms with van der Waals surface area (Å²) in [7, 11) is 0. The van der Waals surface area contributed by atoms with Crippen LogP contribution in [0, 0.1) is 5.41 Å². The number of rotatable bonds is 7. The molecule has 0 fully saturated rings. The lowest BCUT2D eigenvalue weighted by Crippen LogP contribution is -2.51. The highest BCUT2D eigenvalue weighted by atomic mass is 16.3. The number of carbonyl (C=O) groups is 1. The third-order valence-electron chi connectivity index (χ3n) is 5.22. The second-order valence-electron chi connectivity index (χ2n) is 8.75. The Labute approximate surface area is 190 Å². The van der Waals surface area contributed by atoms with Crippen LogP contribution in [0.25, 0.3) is 11.3 Å². The number of benzene rings is 1. The molecule has 8 nitrogen and oxygen atoms in total. The van der Waals surface area contributed by atoms with E-state index in [4.69, 9.17) is 4.42 Å². The fraction of sp³-hybridized carbons (Fsp3) is 0.200. The minimum atomic E-state index is -0.632. The third-order valence-corrected chi connectivity index (χ3v) is 5.22. The summed E-state index contributed by atoms with van der Waals surface area (Å²) in [5.41, 5.74) is 0.477. The molecule has 168 valence electrons. The predicted molar refractivity (Wildman–Crippen MR) is 127 cm³/mol. The van der Waals surface area contributed by atoms with E-state index in [0.717, 1.165) is 5.56 Å². The summed E-state index contributed by atoms with van der Waals surface area (Å²) >= 11 is 0. The maximum Gasteiger partial charge on any atom is 0.253 e. The summed E-state index contributed by atoms with van der Waals surface area (Å²) < 4.78 is 5.38. The van der Waals surface area contributed by atoms with Crippen molar-refractivity contribution in [2.45, 2.75) is 26.9 Å². The van der Waals surface area contributed by atoms with Crippen LogP contribution in [0.4, 0.5) is 17.1 Å². The van der Waals surface area contributed by atoms with Crippen molar-refractivity contribution in [2.75, 3.05) is 10.6 Å². The number of nitrogens with one attached hydrogen (secondary N) is 3. The zero-order valence-corrected chi connectivity index (χ0v) is 18.5. The van der Waals surface area contributed by atoms with Crippen LogP contribution in [0.5, 0.6) is 0 Å². The van der Waals surface area contributed by atoms with Gasteiger partial charge < -0.3 is 20.4 Å². The summed E-state index contributed by atoms with van der Waals surface area (Å²) in [5, 5.41) is 8.93. The maximum atomic E-state index is 12.9. The molecule has 0 aliphatic heterocycles. The molecule has 4 aromatic rings. The lowest BCUT2D eigenvalue weighted by atomic mass is 9.91. The first-order chi connectivity index (χ1) is 15.7.